The molecule has 2 aliphatic heterocycles. The van der Waals surface area contributed by atoms with Crippen LogP contribution >= 0.6 is 0 Å². The van der Waals surface area contributed by atoms with Gasteiger partial charge in [0.15, 0.2) is 0 Å². The van der Waals surface area contributed by atoms with E-state index in [-0.39, 0.29) is 30.8 Å². The molecule has 2 aromatic carbocycles. The van der Waals surface area contributed by atoms with Crippen molar-refractivity contribution in [3.63, 3.8) is 0 Å². The number of aromatic nitrogens is 4. The van der Waals surface area contributed by atoms with Crippen LogP contribution in [-0.4, -0.2) is 43.5 Å². The molecular weight excluding hydrogens is 467 g/mol. The Morgan fingerprint density at radius 2 is 1.84 bits per heavy atom. The molecule has 2 N–H and O–H groups in total. The second-order valence-corrected chi connectivity index (χ2v) is 11.3. The Kier molecular flexibility index (Phi) is 4.18. The van der Waals surface area contributed by atoms with E-state index in [9.17, 15) is 9.18 Å². The smallest absolute Gasteiger partial charge is 0.254 e. The van der Waals surface area contributed by atoms with E-state index in [1.54, 1.807) is 12.4 Å². The minimum absolute atomic E-state index is 0.0574. The number of benzene rings is 2. The quantitative estimate of drug-likeness (QED) is 0.443. The van der Waals surface area contributed by atoms with Crippen molar-refractivity contribution in [1.29, 1.82) is 0 Å². The number of imidazole rings is 1. The first-order valence-corrected chi connectivity index (χ1v) is 13.1. The van der Waals surface area contributed by atoms with Crippen LogP contribution in [0.3, 0.4) is 0 Å². The number of fused-ring (bicyclic) bond motifs is 9. The third-order valence-electron chi connectivity index (χ3n) is 8.88. The normalized spacial score (nSPS) is 28.1. The minimum Gasteiger partial charge on any atom is -0.331 e. The van der Waals surface area contributed by atoms with Gasteiger partial charge < -0.3 is 15.2 Å². The fourth-order valence-electron chi connectivity index (χ4n) is 6.73. The van der Waals surface area contributed by atoms with Crippen LogP contribution in [-0.2, 0) is 5.54 Å². The lowest BCUT2D eigenvalue weighted by Gasteiger charge is -2.39. The lowest BCUT2D eigenvalue weighted by molar-refractivity contribution is 0.0734. The van der Waals surface area contributed by atoms with Gasteiger partial charge in [-0.15, -0.1) is 0 Å². The molecule has 2 bridgehead atoms. The summed E-state index contributed by atoms with van der Waals surface area (Å²) < 4.78 is 15.8. The number of carbonyl (C=O) groups excluding carboxylic acids is 1. The van der Waals surface area contributed by atoms with Crippen molar-refractivity contribution in [2.24, 2.45) is 5.73 Å². The molecule has 0 saturated heterocycles. The fourth-order valence-corrected chi connectivity index (χ4v) is 6.73. The van der Waals surface area contributed by atoms with Gasteiger partial charge in [0, 0.05) is 49.8 Å². The highest BCUT2D eigenvalue weighted by molar-refractivity contribution is 5.97. The van der Waals surface area contributed by atoms with E-state index in [0.717, 1.165) is 40.0 Å². The molecule has 37 heavy (non-hydrogen) atoms. The molecule has 2 aromatic heterocycles. The summed E-state index contributed by atoms with van der Waals surface area (Å²) >= 11 is 0. The number of nitrogens with two attached hydrogens (primary N) is 1. The van der Waals surface area contributed by atoms with Crippen molar-refractivity contribution in [1.82, 2.24) is 24.4 Å². The van der Waals surface area contributed by atoms with Gasteiger partial charge in [0.05, 0.1) is 28.7 Å². The average molecular weight is 495 g/mol. The third kappa shape index (κ3) is 2.96. The summed E-state index contributed by atoms with van der Waals surface area (Å²) in [6, 6.07) is 12.5. The van der Waals surface area contributed by atoms with Gasteiger partial charge >= 0.3 is 0 Å². The highest BCUT2D eigenvalue weighted by Gasteiger charge is 2.46. The van der Waals surface area contributed by atoms with Crippen LogP contribution in [0, 0.1) is 0 Å². The van der Waals surface area contributed by atoms with Crippen LogP contribution in [0.15, 0.2) is 48.8 Å². The molecule has 4 heterocycles. The molecule has 2 aliphatic carbocycles. The second kappa shape index (κ2) is 7.22. The SMILES string of the molecule is CN1C(=O)c2cccc(C3CC3)c2[C@H]2C[C@@H]1c1nc3ccc(-c4cnc(C5(N)CC(F)C5)nc4)cc3n12. The van der Waals surface area contributed by atoms with E-state index >= 15 is 0 Å². The Balaban J connectivity index is 1.25. The summed E-state index contributed by atoms with van der Waals surface area (Å²) in [6.07, 6.45) is 6.43. The molecule has 7 nitrogen and oxygen atoms in total. The lowest BCUT2D eigenvalue weighted by Crippen LogP contribution is -2.51. The molecule has 8 heteroatoms. The number of hydrogen-bond acceptors (Lipinski definition) is 5. The molecule has 4 aromatic rings. The second-order valence-electron chi connectivity index (χ2n) is 11.3. The van der Waals surface area contributed by atoms with Crippen molar-refractivity contribution >= 4 is 16.9 Å². The number of carbonyl (C=O) groups is 1. The van der Waals surface area contributed by atoms with E-state index < -0.39 is 11.7 Å². The number of rotatable bonds is 3. The maximum Gasteiger partial charge on any atom is 0.254 e. The Labute approximate surface area is 213 Å². The van der Waals surface area contributed by atoms with Crippen LogP contribution in [0.4, 0.5) is 4.39 Å². The minimum atomic E-state index is -0.872. The monoisotopic (exact) mass is 494 g/mol. The molecule has 0 radical (unpaired) electrons. The van der Waals surface area contributed by atoms with Crippen LogP contribution in [0.25, 0.3) is 22.2 Å². The Morgan fingerprint density at radius 1 is 1.05 bits per heavy atom. The zero-order chi connectivity index (χ0) is 25.1. The van der Waals surface area contributed by atoms with E-state index in [1.165, 1.54) is 24.0 Å². The highest BCUT2D eigenvalue weighted by atomic mass is 19.1. The molecule has 2 saturated carbocycles. The molecule has 0 unspecified atom stereocenters. The zero-order valence-corrected chi connectivity index (χ0v) is 20.6. The Bertz CT molecular complexity index is 1600. The molecule has 2 atom stereocenters. The number of halogens is 1. The molecule has 8 rings (SSSR count). The van der Waals surface area contributed by atoms with Gasteiger partial charge in [0.25, 0.3) is 5.91 Å². The van der Waals surface area contributed by atoms with Gasteiger partial charge in [-0.05, 0) is 53.6 Å². The lowest BCUT2D eigenvalue weighted by atomic mass is 9.75. The highest BCUT2D eigenvalue weighted by Crippen LogP contribution is 2.52. The number of amides is 1. The molecule has 1 amide bonds. The summed E-state index contributed by atoms with van der Waals surface area (Å²) in [5.41, 5.74) is 12.7. The average Bonchev–Trinajstić information content (AvgIpc) is 3.60. The van der Waals surface area contributed by atoms with E-state index in [4.69, 9.17) is 10.7 Å². The van der Waals surface area contributed by atoms with Crippen LogP contribution in [0.2, 0.25) is 0 Å². The first-order valence-electron chi connectivity index (χ1n) is 13.1. The van der Waals surface area contributed by atoms with Gasteiger partial charge in [-0.3, -0.25) is 4.79 Å². The number of alkyl halides is 1. The first-order chi connectivity index (χ1) is 17.9. The molecule has 4 aliphatic rings. The summed E-state index contributed by atoms with van der Waals surface area (Å²) in [4.78, 5) is 29.4. The fraction of sp³-hybridized carbons (Fsp3) is 0.379. The summed E-state index contributed by atoms with van der Waals surface area (Å²) in [5, 5.41) is 0. The summed E-state index contributed by atoms with van der Waals surface area (Å²) in [6.45, 7) is 0. The topological polar surface area (TPSA) is 89.9 Å². The largest absolute Gasteiger partial charge is 0.331 e. The predicted molar refractivity (Wildman–Crippen MR) is 137 cm³/mol. The van der Waals surface area contributed by atoms with Crippen molar-refractivity contribution in [3.05, 3.63) is 77.1 Å². The third-order valence-corrected chi connectivity index (χ3v) is 8.88. The summed E-state index contributed by atoms with van der Waals surface area (Å²) in [7, 11) is 1.90. The maximum absolute atomic E-state index is 13.5. The van der Waals surface area contributed by atoms with Crippen LogP contribution in [0.1, 0.15) is 83.2 Å². The Hall–Kier alpha value is -3.65. The Morgan fingerprint density at radius 3 is 2.57 bits per heavy atom. The van der Waals surface area contributed by atoms with Crippen molar-refractivity contribution in [3.8, 4) is 11.1 Å². The van der Waals surface area contributed by atoms with E-state index in [2.05, 4.69) is 26.7 Å². The molecule has 0 spiro atoms. The number of nitrogens with zero attached hydrogens (tertiary/aromatic N) is 5. The van der Waals surface area contributed by atoms with Gasteiger partial charge in [0.2, 0.25) is 0 Å². The standard InChI is InChI=1S/C29H27FN6O/c1-35-24-10-23(25-19(15-5-6-15)3-2-4-20(25)27(35)37)36-22-9-16(7-8-21(22)34-26(24)36)17-13-32-28(33-14-17)29(31)11-18(30)12-29/h2-4,7-9,13-15,18,23-24H,5-6,10-12,31H2,1H3/t18?,23-,24-,29?/m1/s1. The van der Waals surface area contributed by atoms with Gasteiger partial charge in [-0.25, -0.2) is 19.3 Å². The first kappa shape index (κ1) is 21.4. The van der Waals surface area contributed by atoms with E-state index in [1.807, 2.05) is 36.2 Å². The van der Waals surface area contributed by atoms with Crippen molar-refractivity contribution in [2.75, 3.05) is 7.05 Å². The van der Waals surface area contributed by atoms with Crippen molar-refractivity contribution in [2.45, 2.75) is 61.8 Å². The number of hydrogen-bond donors (Lipinski definition) is 1. The van der Waals surface area contributed by atoms with Crippen molar-refractivity contribution < 1.29 is 9.18 Å². The summed E-state index contributed by atoms with van der Waals surface area (Å²) in [5.74, 6) is 2.08. The van der Waals surface area contributed by atoms with Crippen LogP contribution in [0.5, 0.6) is 0 Å². The zero-order valence-electron chi connectivity index (χ0n) is 20.6. The van der Waals surface area contributed by atoms with Gasteiger partial charge in [-0.2, -0.15) is 0 Å². The van der Waals surface area contributed by atoms with E-state index in [0.29, 0.717) is 11.7 Å². The maximum atomic E-state index is 13.5. The molecule has 2 fully saturated rings. The van der Waals surface area contributed by atoms with Gasteiger partial charge in [0.1, 0.15) is 17.8 Å². The molecular formula is C29H27FN6O. The van der Waals surface area contributed by atoms with Gasteiger partial charge in [-0.1, -0.05) is 18.2 Å². The predicted octanol–water partition coefficient (Wildman–Crippen LogP) is 4.78. The van der Waals surface area contributed by atoms with Crippen LogP contribution < -0.4 is 5.73 Å². The molecule has 186 valence electrons.